The normalized spacial score (nSPS) is 13.9. The maximum Gasteiger partial charge on any atom is 0.170 e. The summed E-state index contributed by atoms with van der Waals surface area (Å²) in [4.78, 5) is 26.7. The third-order valence-electron chi connectivity index (χ3n) is 5.80. The molecule has 0 fully saturated rings. The smallest absolute Gasteiger partial charge is 0.170 e. The summed E-state index contributed by atoms with van der Waals surface area (Å²) in [6, 6.07) is 9.76. The molecule has 0 unspecified atom stereocenters. The minimum Gasteiger partial charge on any atom is -0.492 e. The zero-order valence-corrected chi connectivity index (χ0v) is 16.7. The average Bonchev–Trinajstić information content (AvgIpc) is 3.02. The predicted octanol–water partition coefficient (Wildman–Crippen LogP) is 4.30. The van der Waals surface area contributed by atoms with Gasteiger partial charge in [-0.05, 0) is 50.3 Å². The van der Waals surface area contributed by atoms with Gasteiger partial charge in [0.1, 0.15) is 5.75 Å². The van der Waals surface area contributed by atoms with Crippen molar-refractivity contribution < 1.29 is 14.3 Å². The van der Waals surface area contributed by atoms with E-state index in [0.29, 0.717) is 29.9 Å². The zero-order chi connectivity index (χ0) is 19.8. The fourth-order valence-corrected chi connectivity index (χ4v) is 4.15. The van der Waals surface area contributed by atoms with Gasteiger partial charge in [0, 0.05) is 36.0 Å². The Labute approximate surface area is 164 Å². The molecule has 0 atom stereocenters. The molecule has 2 heterocycles. The van der Waals surface area contributed by atoms with E-state index in [1.807, 2.05) is 30.3 Å². The molecule has 1 aliphatic rings. The van der Waals surface area contributed by atoms with Gasteiger partial charge >= 0.3 is 0 Å². The predicted molar refractivity (Wildman–Crippen MR) is 112 cm³/mol. The number of benzene rings is 2. The van der Waals surface area contributed by atoms with Crippen molar-refractivity contribution in [2.45, 2.75) is 33.7 Å². The van der Waals surface area contributed by atoms with Crippen LogP contribution in [0.5, 0.6) is 5.75 Å². The maximum atomic E-state index is 12.4. The van der Waals surface area contributed by atoms with Crippen molar-refractivity contribution in [1.29, 1.82) is 0 Å². The molecule has 0 saturated heterocycles. The number of ether oxygens (including phenoxy) is 1. The monoisotopic (exact) mass is 378 g/mol. The van der Waals surface area contributed by atoms with E-state index in [2.05, 4.69) is 23.3 Å². The van der Waals surface area contributed by atoms with Crippen molar-refractivity contribution in [2.24, 2.45) is 0 Å². The minimum absolute atomic E-state index is 0.0349. The highest BCUT2D eigenvalue weighted by molar-refractivity contribution is 6.17. The average molecular weight is 378 g/mol. The van der Waals surface area contributed by atoms with Gasteiger partial charge in [-0.25, -0.2) is 0 Å². The van der Waals surface area contributed by atoms with Gasteiger partial charge in [-0.2, -0.15) is 0 Å². The molecule has 0 bridgehead atoms. The molecule has 146 valence electrons. The summed E-state index contributed by atoms with van der Waals surface area (Å²) in [5.41, 5.74) is 3.45. The Bertz CT molecular complexity index is 1080. The summed E-state index contributed by atoms with van der Waals surface area (Å²) in [5.74, 6) is 0.823. The molecule has 2 aromatic carbocycles. The Hall–Kier alpha value is -2.66. The fraction of sp³-hybridized carbons (Fsp3) is 0.391. The number of aromatic nitrogens is 1. The van der Waals surface area contributed by atoms with Crippen LogP contribution in [-0.2, 0) is 6.54 Å². The summed E-state index contributed by atoms with van der Waals surface area (Å²) in [6.45, 7) is 10.1. The highest BCUT2D eigenvalue weighted by atomic mass is 16.5. The number of hydrogen-bond donors (Lipinski definition) is 0. The molecule has 28 heavy (non-hydrogen) atoms. The number of Topliss-reactive ketones (excluding diaryl/α,β-unsaturated/α-hetero) is 2. The summed E-state index contributed by atoms with van der Waals surface area (Å²) in [7, 11) is 0. The Kier molecular flexibility index (Phi) is 4.94. The number of carbonyl (C=O) groups excluding carboxylic acids is 2. The van der Waals surface area contributed by atoms with E-state index >= 15 is 0 Å². The van der Waals surface area contributed by atoms with Crippen LogP contribution in [0.25, 0.3) is 21.8 Å². The van der Waals surface area contributed by atoms with Crippen molar-refractivity contribution in [2.75, 3.05) is 26.2 Å². The zero-order valence-electron chi connectivity index (χ0n) is 16.7. The van der Waals surface area contributed by atoms with Crippen LogP contribution in [0.2, 0.25) is 0 Å². The molecular weight excluding hydrogens is 352 g/mol. The second-order valence-corrected chi connectivity index (χ2v) is 7.32. The summed E-state index contributed by atoms with van der Waals surface area (Å²) in [5, 5.41) is 1.93. The number of rotatable bonds is 6. The van der Waals surface area contributed by atoms with Crippen LogP contribution in [0, 0.1) is 0 Å². The van der Waals surface area contributed by atoms with Crippen molar-refractivity contribution >= 4 is 33.4 Å². The molecule has 5 heteroatoms. The fourth-order valence-electron chi connectivity index (χ4n) is 4.15. The molecule has 1 aromatic heterocycles. The van der Waals surface area contributed by atoms with Gasteiger partial charge in [-0.1, -0.05) is 13.8 Å². The van der Waals surface area contributed by atoms with Crippen molar-refractivity contribution in [3.8, 4) is 5.75 Å². The number of ketones is 2. The molecule has 0 radical (unpaired) electrons. The molecule has 0 aliphatic carbocycles. The lowest BCUT2D eigenvalue weighted by Crippen LogP contribution is -2.27. The summed E-state index contributed by atoms with van der Waals surface area (Å²) >= 11 is 0. The van der Waals surface area contributed by atoms with E-state index < -0.39 is 0 Å². The Balaban J connectivity index is 1.97. The van der Waals surface area contributed by atoms with Gasteiger partial charge in [0.2, 0.25) is 0 Å². The van der Waals surface area contributed by atoms with Crippen LogP contribution in [0.15, 0.2) is 30.3 Å². The second-order valence-electron chi connectivity index (χ2n) is 7.32. The number of carbonyl (C=O) groups is 2. The number of likely N-dealkylation sites (N-methyl/N-ethyl adjacent to an activating group) is 1. The van der Waals surface area contributed by atoms with E-state index in [-0.39, 0.29) is 11.6 Å². The first-order chi connectivity index (χ1) is 13.5. The summed E-state index contributed by atoms with van der Waals surface area (Å²) in [6.07, 6.45) is 0.414. The van der Waals surface area contributed by atoms with E-state index in [1.54, 1.807) is 6.92 Å². The molecule has 1 aliphatic heterocycles. The third-order valence-corrected chi connectivity index (χ3v) is 5.80. The summed E-state index contributed by atoms with van der Waals surface area (Å²) < 4.78 is 8.25. The second kappa shape index (κ2) is 7.40. The lowest BCUT2D eigenvalue weighted by Gasteiger charge is -2.20. The van der Waals surface area contributed by atoms with Gasteiger partial charge < -0.3 is 14.2 Å². The maximum absolute atomic E-state index is 12.4. The van der Waals surface area contributed by atoms with Crippen LogP contribution >= 0.6 is 0 Å². The van der Waals surface area contributed by atoms with Crippen LogP contribution in [-0.4, -0.2) is 47.3 Å². The van der Waals surface area contributed by atoms with E-state index in [9.17, 15) is 9.59 Å². The van der Waals surface area contributed by atoms with Gasteiger partial charge in [0.05, 0.1) is 23.1 Å². The molecule has 4 rings (SSSR count). The molecule has 3 aromatic rings. The first kappa shape index (κ1) is 18.7. The number of hydrogen-bond acceptors (Lipinski definition) is 4. The standard InChI is InChI=1S/C23H26N2O3/c1-4-24(5-2)11-12-25-19-8-6-16(15(3)26)14-18(19)22-20(25)9-7-17-21(27)10-13-28-23(17)22/h6-9,14H,4-5,10-13H2,1-3H3. The number of fused-ring (bicyclic) bond motifs is 5. The highest BCUT2D eigenvalue weighted by Crippen LogP contribution is 2.40. The molecular formula is C23H26N2O3. The van der Waals surface area contributed by atoms with Gasteiger partial charge in [0.15, 0.2) is 11.6 Å². The Morgan fingerprint density at radius 3 is 2.61 bits per heavy atom. The van der Waals surface area contributed by atoms with Gasteiger partial charge in [-0.3, -0.25) is 9.59 Å². The largest absolute Gasteiger partial charge is 0.492 e. The van der Waals surface area contributed by atoms with Gasteiger partial charge in [-0.15, -0.1) is 0 Å². The highest BCUT2D eigenvalue weighted by Gasteiger charge is 2.24. The van der Waals surface area contributed by atoms with Crippen molar-refractivity contribution in [1.82, 2.24) is 9.47 Å². The topological polar surface area (TPSA) is 51.5 Å². The third kappa shape index (κ3) is 3.00. The van der Waals surface area contributed by atoms with Crippen molar-refractivity contribution in [3.63, 3.8) is 0 Å². The van der Waals surface area contributed by atoms with Crippen LogP contribution in [0.4, 0.5) is 0 Å². The molecule has 0 N–H and O–H groups in total. The molecule has 0 spiro atoms. The Morgan fingerprint density at radius 1 is 1.14 bits per heavy atom. The first-order valence-electron chi connectivity index (χ1n) is 10.0. The first-order valence-corrected chi connectivity index (χ1v) is 10.0. The quantitative estimate of drug-likeness (QED) is 0.600. The van der Waals surface area contributed by atoms with E-state index in [0.717, 1.165) is 48.0 Å². The van der Waals surface area contributed by atoms with Crippen LogP contribution < -0.4 is 4.74 Å². The lowest BCUT2D eigenvalue weighted by molar-refractivity contribution is 0.0934. The SMILES string of the molecule is CCN(CC)CCn1c2ccc(C(C)=O)cc2c2c3c(ccc21)C(=O)CCO3. The molecule has 0 saturated carbocycles. The molecule has 5 nitrogen and oxygen atoms in total. The minimum atomic E-state index is 0.0349. The lowest BCUT2D eigenvalue weighted by atomic mass is 10.00. The van der Waals surface area contributed by atoms with E-state index in [1.165, 1.54) is 0 Å². The molecule has 0 amide bonds. The van der Waals surface area contributed by atoms with Crippen LogP contribution in [0.3, 0.4) is 0 Å². The van der Waals surface area contributed by atoms with Gasteiger partial charge in [0.25, 0.3) is 0 Å². The van der Waals surface area contributed by atoms with Crippen molar-refractivity contribution in [3.05, 3.63) is 41.5 Å². The number of nitrogens with zero attached hydrogens (tertiary/aromatic N) is 2. The Morgan fingerprint density at radius 2 is 1.89 bits per heavy atom. The van der Waals surface area contributed by atoms with E-state index in [4.69, 9.17) is 4.74 Å². The van der Waals surface area contributed by atoms with Crippen LogP contribution in [0.1, 0.15) is 47.9 Å².